The molecule has 6 heteroatoms. The van der Waals surface area contributed by atoms with Gasteiger partial charge in [0.05, 0.1) is 17.8 Å². The lowest BCUT2D eigenvalue weighted by Crippen LogP contribution is -2.56. The lowest BCUT2D eigenvalue weighted by Gasteiger charge is -2.38. The van der Waals surface area contributed by atoms with Crippen LogP contribution in [0, 0.1) is 5.92 Å². The smallest absolute Gasteiger partial charge is 0.108 e. The van der Waals surface area contributed by atoms with Crippen molar-refractivity contribution in [3.63, 3.8) is 0 Å². The molecule has 0 spiro atoms. The van der Waals surface area contributed by atoms with Gasteiger partial charge in [0.1, 0.15) is 6.10 Å². The summed E-state index contributed by atoms with van der Waals surface area (Å²) in [6, 6.07) is 0. The van der Waals surface area contributed by atoms with E-state index in [1.54, 1.807) is 7.11 Å². The minimum Gasteiger partial charge on any atom is -0.396 e. The summed E-state index contributed by atoms with van der Waals surface area (Å²) in [4.78, 5) is 1.93. The van der Waals surface area contributed by atoms with Crippen molar-refractivity contribution < 1.29 is 25.2 Å². The molecule has 3 atom stereocenters. The van der Waals surface area contributed by atoms with Crippen LogP contribution in [-0.4, -0.2) is 82.6 Å². The molecule has 0 aliphatic carbocycles. The number of hydrogen-bond acceptors (Lipinski definition) is 6. The summed E-state index contributed by atoms with van der Waals surface area (Å²) in [6.07, 6.45) is 3.61. The molecule has 1 aliphatic rings. The summed E-state index contributed by atoms with van der Waals surface area (Å²) in [5, 5.41) is 38.6. The molecule has 0 amide bonds. The number of rotatable bonds is 11. The van der Waals surface area contributed by atoms with Crippen LogP contribution in [0.25, 0.3) is 0 Å². The second-order valence-electron chi connectivity index (χ2n) is 7.81. The Bertz CT molecular complexity index is 327. The van der Waals surface area contributed by atoms with Gasteiger partial charge in [0, 0.05) is 33.4 Å². The first-order valence-corrected chi connectivity index (χ1v) is 9.21. The molecule has 0 radical (unpaired) electrons. The molecule has 1 saturated heterocycles. The summed E-state index contributed by atoms with van der Waals surface area (Å²) in [5.41, 5.74) is -0.0475. The standard InChI is InChI=1S/C18H37NO5/c1-18(2,24-3)9-7-5-4-6-8-14(13-20)10-19-11-15(21)17(23)16(22)12-19/h14-17,20-23H,4-13H2,1-3H3/t14-,15?,16?,17?/m1/s1. The number of likely N-dealkylation sites (tertiary alicyclic amines) is 1. The van der Waals surface area contributed by atoms with Gasteiger partial charge in [-0.1, -0.05) is 25.7 Å². The van der Waals surface area contributed by atoms with E-state index in [1.165, 1.54) is 0 Å². The average Bonchev–Trinajstić information content (AvgIpc) is 2.54. The van der Waals surface area contributed by atoms with Crippen LogP contribution < -0.4 is 0 Å². The lowest BCUT2D eigenvalue weighted by atomic mass is 9.96. The predicted molar refractivity (Wildman–Crippen MR) is 93.8 cm³/mol. The van der Waals surface area contributed by atoms with Crippen LogP contribution >= 0.6 is 0 Å². The number of hydrogen-bond donors (Lipinski definition) is 4. The van der Waals surface area contributed by atoms with Gasteiger partial charge in [-0.15, -0.1) is 0 Å². The number of aliphatic hydroxyl groups is 4. The fourth-order valence-corrected chi connectivity index (χ4v) is 3.27. The number of β-amino-alcohol motifs (C(OH)–C–C–N with tert-alkyl or cyclic N) is 2. The zero-order valence-electron chi connectivity index (χ0n) is 15.5. The number of ether oxygens (including phenoxy) is 1. The first-order valence-electron chi connectivity index (χ1n) is 9.21. The number of unbranched alkanes of at least 4 members (excludes halogenated alkanes) is 3. The SMILES string of the molecule is COC(C)(C)CCCCCC[C@@H](CO)CN1CC(O)C(O)C(O)C1. The Hall–Kier alpha value is -0.240. The first kappa shape index (κ1) is 21.8. The molecule has 1 aliphatic heterocycles. The third kappa shape index (κ3) is 7.76. The molecule has 24 heavy (non-hydrogen) atoms. The topological polar surface area (TPSA) is 93.4 Å². The summed E-state index contributed by atoms with van der Waals surface area (Å²) in [6.45, 7) is 5.66. The highest BCUT2D eigenvalue weighted by atomic mass is 16.5. The Morgan fingerprint density at radius 3 is 2.17 bits per heavy atom. The molecule has 0 aromatic rings. The summed E-state index contributed by atoms with van der Waals surface area (Å²) >= 11 is 0. The Labute approximate surface area is 146 Å². The summed E-state index contributed by atoms with van der Waals surface area (Å²) in [7, 11) is 1.75. The molecule has 0 aromatic heterocycles. The highest BCUT2D eigenvalue weighted by Crippen LogP contribution is 2.20. The second kappa shape index (κ2) is 10.7. The molecule has 2 unspecified atom stereocenters. The fourth-order valence-electron chi connectivity index (χ4n) is 3.27. The number of methoxy groups -OCH3 is 1. The van der Waals surface area contributed by atoms with Crippen molar-refractivity contribution >= 4 is 0 Å². The molecule has 0 bridgehead atoms. The van der Waals surface area contributed by atoms with Gasteiger partial charge in [-0.2, -0.15) is 0 Å². The van der Waals surface area contributed by atoms with E-state index < -0.39 is 18.3 Å². The van der Waals surface area contributed by atoms with Gasteiger partial charge in [-0.25, -0.2) is 0 Å². The third-order valence-electron chi connectivity index (χ3n) is 5.15. The molecule has 0 aromatic carbocycles. The zero-order chi connectivity index (χ0) is 18.2. The maximum Gasteiger partial charge on any atom is 0.108 e. The molecule has 1 fully saturated rings. The Morgan fingerprint density at radius 2 is 1.62 bits per heavy atom. The van der Waals surface area contributed by atoms with Crippen molar-refractivity contribution in [3.05, 3.63) is 0 Å². The maximum atomic E-state index is 9.74. The molecule has 6 nitrogen and oxygen atoms in total. The van der Waals surface area contributed by atoms with E-state index >= 15 is 0 Å². The molecular formula is C18H37NO5. The highest BCUT2D eigenvalue weighted by molar-refractivity contribution is 4.87. The van der Waals surface area contributed by atoms with Crippen molar-refractivity contribution in [2.75, 3.05) is 33.4 Å². The summed E-state index contributed by atoms with van der Waals surface area (Å²) in [5.74, 6) is 0.148. The molecule has 1 rings (SSSR count). The fraction of sp³-hybridized carbons (Fsp3) is 1.00. The minimum absolute atomic E-state index is 0.0475. The van der Waals surface area contributed by atoms with E-state index in [-0.39, 0.29) is 18.1 Å². The van der Waals surface area contributed by atoms with E-state index in [1.807, 2.05) is 4.90 Å². The second-order valence-corrected chi connectivity index (χ2v) is 7.81. The normalized spacial score (nSPS) is 27.4. The molecular weight excluding hydrogens is 310 g/mol. The van der Waals surface area contributed by atoms with Crippen molar-refractivity contribution in [1.82, 2.24) is 4.90 Å². The third-order valence-corrected chi connectivity index (χ3v) is 5.15. The predicted octanol–water partition coefficient (Wildman–Crippen LogP) is 0.759. The quantitative estimate of drug-likeness (QED) is 0.412. The van der Waals surface area contributed by atoms with Crippen molar-refractivity contribution in [2.45, 2.75) is 76.3 Å². The van der Waals surface area contributed by atoms with Crippen LogP contribution in [0.4, 0.5) is 0 Å². The Balaban J connectivity index is 2.19. The van der Waals surface area contributed by atoms with Crippen LogP contribution in [0.2, 0.25) is 0 Å². The van der Waals surface area contributed by atoms with Gasteiger partial charge >= 0.3 is 0 Å². The van der Waals surface area contributed by atoms with E-state index in [0.717, 1.165) is 38.5 Å². The number of aliphatic hydroxyl groups excluding tert-OH is 4. The van der Waals surface area contributed by atoms with Gasteiger partial charge in [0.15, 0.2) is 0 Å². The van der Waals surface area contributed by atoms with E-state index in [4.69, 9.17) is 4.74 Å². The molecule has 4 N–H and O–H groups in total. The van der Waals surface area contributed by atoms with Gasteiger partial charge in [0.25, 0.3) is 0 Å². The van der Waals surface area contributed by atoms with Crippen LogP contribution in [0.15, 0.2) is 0 Å². The van der Waals surface area contributed by atoms with Crippen LogP contribution in [0.3, 0.4) is 0 Å². The summed E-state index contributed by atoms with van der Waals surface area (Å²) < 4.78 is 5.41. The van der Waals surface area contributed by atoms with E-state index in [9.17, 15) is 20.4 Å². The molecule has 1 heterocycles. The Kier molecular flexibility index (Phi) is 9.71. The minimum atomic E-state index is -1.06. The molecule has 144 valence electrons. The van der Waals surface area contributed by atoms with Crippen LogP contribution in [0.1, 0.15) is 52.4 Å². The van der Waals surface area contributed by atoms with Gasteiger partial charge in [-0.3, -0.25) is 4.90 Å². The van der Waals surface area contributed by atoms with Crippen LogP contribution in [-0.2, 0) is 4.74 Å². The largest absolute Gasteiger partial charge is 0.396 e. The monoisotopic (exact) mass is 347 g/mol. The molecule has 0 saturated carbocycles. The van der Waals surface area contributed by atoms with E-state index in [2.05, 4.69) is 13.8 Å². The van der Waals surface area contributed by atoms with Crippen molar-refractivity contribution in [1.29, 1.82) is 0 Å². The van der Waals surface area contributed by atoms with Gasteiger partial charge in [-0.05, 0) is 32.6 Å². The maximum absolute atomic E-state index is 9.74. The van der Waals surface area contributed by atoms with Crippen molar-refractivity contribution in [3.8, 4) is 0 Å². The first-order chi connectivity index (χ1) is 11.3. The Morgan fingerprint density at radius 1 is 1.04 bits per heavy atom. The van der Waals surface area contributed by atoms with Crippen LogP contribution in [0.5, 0.6) is 0 Å². The van der Waals surface area contributed by atoms with Gasteiger partial charge in [0.2, 0.25) is 0 Å². The lowest BCUT2D eigenvalue weighted by molar-refractivity contribution is -0.112. The average molecular weight is 347 g/mol. The number of piperidine rings is 1. The van der Waals surface area contributed by atoms with Gasteiger partial charge < -0.3 is 25.2 Å². The zero-order valence-corrected chi connectivity index (χ0v) is 15.5. The van der Waals surface area contributed by atoms with Crippen molar-refractivity contribution in [2.24, 2.45) is 5.92 Å². The number of nitrogens with zero attached hydrogens (tertiary/aromatic N) is 1. The highest BCUT2D eigenvalue weighted by Gasteiger charge is 2.33. The van der Waals surface area contributed by atoms with E-state index in [0.29, 0.717) is 19.6 Å².